The van der Waals surface area contributed by atoms with E-state index < -0.39 is 11.9 Å². The number of amides is 3. The van der Waals surface area contributed by atoms with Crippen LogP contribution in [0.4, 0.5) is 5.69 Å². The number of nitrogens with zero attached hydrogens (tertiary/aromatic N) is 2. The average Bonchev–Trinajstić information content (AvgIpc) is 3.21. The van der Waals surface area contributed by atoms with Gasteiger partial charge in [-0.1, -0.05) is 37.3 Å². The molecule has 1 aliphatic heterocycles. The Morgan fingerprint density at radius 3 is 2.25 bits per heavy atom. The maximum absolute atomic E-state index is 13.5. The summed E-state index contributed by atoms with van der Waals surface area (Å²) in [5.74, 6) is 0.412. The SMILES string of the molecule is CCCOc1ccc(N2C(=O)C[C@H](N(CCc3ccc(OC)cc3)C(=O)c3ccccc3)C2=O)cc1. The molecule has 0 unspecified atom stereocenters. The molecule has 0 saturated carbocycles. The maximum atomic E-state index is 13.5. The monoisotopic (exact) mass is 486 g/mol. The highest BCUT2D eigenvalue weighted by Crippen LogP contribution is 2.28. The molecule has 186 valence electrons. The van der Waals surface area contributed by atoms with Crippen molar-refractivity contribution in [2.75, 3.05) is 25.2 Å². The lowest BCUT2D eigenvalue weighted by Crippen LogP contribution is -2.46. The van der Waals surface area contributed by atoms with Gasteiger partial charge in [0.15, 0.2) is 0 Å². The minimum Gasteiger partial charge on any atom is -0.497 e. The summed E-state index contributed by atoms with van der Waals surface area (Å²) in [6.07, 6.45) is 1.35. The van der Waals surface area contributed by atoms with Gasteiger partial charge in [0.25, 0.3) is 11.8 Å². The van der Waals surface area contributed by atoms with Gasteiger partial charge >= 0.3 is 0 Å². The first-order valence-electron chi connectivity index (χ1n) is 12.1. The van der Waals surface area contributed by atoms with Gasteiger partial charge in [-0.15, -0.1) is 0 Å². The van der Waals surface area contributed by atoms with Crippen molar-refractivity contribution in [2.24, 2.45) is 0 Å². The van der Waals surface area contributed by atoms with Crippen molar-refractivity contribution in [3.8, 4) is 11.5 Å². The molecule has 7 heteroatoms. The molecule has 1 saturated heterocycles. The standard InChI is InChI=1S/C29H30N2O5/c1-3-19-36-25-15-11-23(12-16-25)31-27(32)20-26(29(31)34)30(28(33)22-7-5-4-6-8-22)18-17-21-9-13-24(35-2)14-10-21/h4-16,26H,3,17-20H2,1-2H3/t26-/m0/s1. The van der Waals surface area contributed by atoms with Crippen molar-refractivity contribution in [1.29, 1.82) is 0 Å². The number of benzene rings is 3. The number of methoxy groups -OCH3 is 1. The smallest absolute Gasteiger partial charge is 0.257 e. The number of hydrogen-bond donors (Lipinski definition) is 0. The van der Waals surface area contributed by atoms with Gasteiger partial charge in [-0.2, -0.15) is 0 Å². The summed E-state index contributed by atoms with van der Waals surface area (Å²) in [7, 11) is 1.61. The van der Waals surface area contributed by atoms with E-state index in [9.17, 15) is 14.4 Å². The van der Waals surface area contributed by atoms with Crippen LogP contribution in [-0.4, -0.2) is 48.9 Å². The fraction of sp³-hybridized carbons (Fsp3) is 0.276. The highest BCUT2D eigenvalue weighted by molar-refractivity contribution is 6.23. The third-order valence-corrected chi connectivity index (χ3v) is 6.15. The molecule has 0 aromatic heterocycles. The zero-order chi connectivity index (χ0) is 25.5. The van der Waals surface area contributed by atoms with Crippen molar-refractivity contribution < 1.29 is 23.9 Å². The van der Waals surface area contributed by atoms with Gasteiger partial charge in [0.2, 0.25) is 5.91 Å². The van der Waals surface area contributed by atoms with Crippen molar-refractivity contribution in [1.82, 2.24) is 4.90 Å². The topological polar surface area (TPSA) is 76.2 Å². The quantitative estimate of drug-likeness (QED) is 0.395. The van der Waals surface area contributed by atoms with Gasteiger partial charge in [0.1, 0.15) is 17.5 Å². The first-order valence-corrected chi connectivity index (χ1v) is 12.1. The third kappa shape index (κ3) is 5.57. The normalized spacial score (nSPS) is 15.2. The highest BCUT2D eigenvalue weighted by Gasteiger charge is 2.44. The number of hydrogen-bond acceptors (Lipinski definition) is 5. The summed E-state index contributed by atoms with van der Waals surface area (Å²) in [5.41, 5.74) is 1.94. The van der Waals surface area contributed by atoms with E-state index in [-0.39, 0.29) is 18.2 Å². The lowest BCUT2D eigenvalue weighted by Gasteiger charge is -2.28. The molecule has 1 heterocycles. The van der Waals surface area contributed by atoms with E-state index >= 15 is 0 Å². The fourth-order valence-corrected chi connectivity index (χ4v) is 4.23. The molecule has 3 aromatic carbocycles. The summed E-state index contributed by atoms with van der Waals surface area (Å²) < 4.78 is 10.8. The van der Waals surface area contributed by atoms with E-state index in [1.54, 1.807) is 55.6 Å². The number of imide groups is 1. The third-order valence-electron chi connectivity index (χ3n) is 6.15. The molecule has 3 amide bonds. The van der Waals surface area contributed by atoms with Gasteiger partial charge in [-0.25, -0.2) is 4.90 Å². The molecule has 0 radical (unpaired) electrons. The van der Waals surface area contributed by atoms with Crippen LogP contribution < -0.4 is 14.4 Å². The molecule has 3 aromatic rings. The Labute approximate surface area is 211 Å². The zero-order valence-electron chi connectivity index (χ0n) is 20.6. The summed E-state index contributed by atoms with van der Waals surface area (Å²) in [5, 5.41) is 0. The van der Waals surface area contributed by atoms with Crippen molar-refractivity contribution in [2.45, 2.75) is 32.2 Å². The van der Waals surface area contributed by atoms with Gasteiger partial charge in [0.05, 0.1) is 25.8 Å². The predicted molar refractivity (Wildman–Crippen MR) is 137 cm³/mol. The molecule has 0 aliphatic carbocycles. The van der Waals surface area contributed by atoms with Crippen LogP contribution in [0.2, 0.25) is 0 Å². The summed E-state index contributed by atoms with van der Waals surface area (Å²) in [6.45, 7) is 2.91. The van der Waals surface area contributed by atoms with E-state index in [2.05, 4.69) is 0 Å². The van der Waals surface area contributed by atoms with E-state index in [1.165, 1.54) is 9.80 Å². The molecule has 0 bridgehead atoms. The molecule has 1 aliphatic rings. The van der Waals surface area contributed by atoms with Crippen molar-refractivity contribution >= 4 is 23.4 Å². The predicted octanol–water partition coefficient (Wildman–Crippen LogP) is 4.50. The van der Waals surface area contributed by atoms with Crippen LogP contribution in [0.1, 0.15) is 35.7 Å². The Morgan fingerprint density at radius 1 is 0.944 bits per heavy atom. The van der Waals surface area contributed by atoms with E-state index in [0.29, 0.717) is 36.6 Å². The molecule has 0 N–H and O–H groups in total. The average molecular weight is 487 g/mol. The van der Waals surface area contributed by atoms with Crippen LogP contribution in [0.15, 0.2) is 78.9 Å². The highest BCUT2D eigenvalue weighted by atomic mass is 16.5. The Bertz CT molecular complexity index is 1190. The van der Waals surface area contributed by atoms with E-state index in [1.807, 2.05) is 37.3 Å². The Balaban J connectivity index is 1.56. The number of carbonyl (C=O) groups excluding carboxylic acids is 3. The second-order valence-electron chi connectivity index (χ2n) is 8.59. The van der Waals surface area contributed by atoms with E-state index in [0.717, 1.165) is 17.7 Å². The molecule has 1 atom stereocenters. The minimum absolute atomic E-state index is 0.0614. The summed E-state index contributed by atoms with van der Waals surface area (Å²) in [6, 6.07) is 22.4. The second kappa shape index (κ2) is 11.5. The molecule has 4 rings (SSSR count). The fourth-order valence-electron chi connectivity index (χ4n) is 4.23. The van der Waals surface area contributed by atoms with Crippen LogP contribution in [0, 0.1) is 0 Å². The van der Waals surface area contributed by atoms with Gasteiger partial charge in [-0.3, -0.25) is 14.4 Å². The van der Waals surface area contributed by atoms with Gasteiger partial charge in [-0.05, 0) is 66.9 Å². The molecule has 0 spiro atoms. The lowest BCUT2D eigenvalue weighted by molar-refractivity contribution is -0.122. The zero-order valence-corrected chi connectivity index (χ0v) is 20.6. The Kier molecular flexibility index (Phi) is 8.00. The van der Waals surface area contributed by atoms with Crippen LogP contribution in [0.3, 0.4) is 0 Å². The first kappa shape index (κ1) is 25.0. The van der Waals surface area contributed by atoms with E-state index in [4.69, 9.17) is 9.47 Å². The van der Waals surface area contributed by atoms with Gasteiger partial charge < -0.3 is 14.4 Å². The van der Waals surface area contributed by atoms with Crippen molar-refractivity contribution in [3.63, 3.8) is 0 Å². The number of carbonyl (C=O) groups is 3. The van der Waals surface area contributed by atoms with Gasteiger partial charge in [0, 0.05) is 12.1 Å². The Hall–Kier alpha value is -4.13. The van der Waals surface area contributed by atoms with Crippen LogP contribution >= 0.6 is 0 Å². The minimum atomic E-state index is -0.875. The van der Waals surface area contributed by atoms with Crippen LogP contribution in [-0.2, 0) is 16.0 Å². The number of ether oxygens (including phenoxy) is 2. The number of rotatable bonds is 10. The summed E-state index contributed by atoms with van der Waals surface area (Å²) in [4.78, 5) is 42.7. The lowest BCUT2D eigenvalue weighted by atomic mass is 10.1. The largest absolute Gasteiger partial charge is 0.497 e. The van der Waals surface area contributed by atoms with Crippen LogP contribution in [0.25, 0.3) is 0 Å². The molecule has 36 heavy (non-hydrogen) atoms. The van der Waals surface area contributed by atoms with Crippen LogP contribution in [0.5, 0.6) is 11.5 Å². The van der Waals surface area contributed by atoms with Crippen molar-refractivity contribution in [3.05, 3.63) is 90.0 Å². The molecule has 7 nitrogen and oxygen atoms in total. The molecular formula is C29H30N2O5. The summed E-state index contributed by atoms with van der Waals surface area (Å²) >= 11 is 0. The first-order chi connectivity index (χ1) is 17.5. The maximum Gasteiger partial charge on any atom is 0.257 e. The Morgan fingerprint density at radius 2 is 1.61 bits per heavy atom. The number of anilines is 1. The molecule has 1 fully saturated rings. The molecular weight excluding hydrogens is 456 g/mol. The second-order valence-corrected chi connectivity index (χ2v) is 8.59.